The normalized spacial score (nSPS) is 22.4. The van der Waals surface area contributed by atoms with Crippen LogP contribution in [0.25, 0.3) is 0 Å². The monoisotopic (exact) mass is 599 g/mol. The summed E-state index contributed by atoms with van der Waals surface area (Å²) in [5.74, 6) is -1.56. The molecule has 4 atom stereocenters. The van der Waals surface area contributed by atoms with Crippen LogP contribution in [0.1, 0.15) is 94.7 Å². The summed E-state index contributed by atoms with van der Waals surface area (Å²) in [6.45, 7) is 15.7. The molecule has 1 heterocycles. The number of carbonyl (C=O) groups excluding carboxylic acids is 2. The van der Waals surface area contributed by atoms with E-state index in [9.17, 15) is 27.9 Å². The van der Waals surface area contributed by atoms with Gasteiger partial charge in [0, 0.05) is 18.7 Å². The van der Waals surface area contributed by atoms with E-state index in [-0.39, 0.29) is 37.3 Å². The van der Waals surface area contributed by atoms with Crippen LogP contribution >= 0.6 is 0 Å². The number of hydrogen-bond acceptors (Lipinski definition) is 5. The summed E-state index contributed by atoms with van der Waals surface area (Å²) < 4.78 is 52.6. The first-order valence-corrected chi connectivity index (χ1v) is 17.7. The Morgan fingerprint density at radius 3 is 2.20 bits per heavy atom. The van der Waals surface area contributed by atoms with Crippen molar-refractivity contribution in [3.05, 3.63) is 27.8 Å². The van der Waals surface area contributed by atoms with Crippen LogP contribution in [0.15, 0.2) is 0 Å². The number of aromatic hydroxyl groups is 1. The molecular formula is C31H48F3NO5Si. The van der Waals surface area contributed by atoms with Crippen molar-refractivity contribution in [2.45, 2.75) is 124 Å². The maximum absolute atomic E-state index is 14.1. The van der Waals surface area contributed by atoms with E-state index in [1.165, 1.54) is 0 Å². The molecule has 0 saturated heterocycles. The number of alkyl halides is 3. The van der Waals surface area contributed by atoms with Crippen molar-refractivity contribution in [1.29, 1.82) is 0 Å². The molecule has 41 heavy (non-hydrogen) atoms. The fourth-order valence-corrected chi connectivity index (χ4v) is 9.53. The van der Waals surface area contributed by atoms with Crippen molar-refractivity contribution in [3.8, 4) is 5.75 Å². The second-order valence-corrected chi connectivity index (χ2v) is 17.2. The Kier molecular flexibility index (Phi) is 10.6. The van der Waals surface area contributed by atoms with Gasteiger partial charge in [0.1, 0.15) is 11.9 Å². The highest BCUT2D eigenvalue weighted by Gasteiger charge is 2.45. The number of phenols is 1. The van der Waals surface area contributed by atoms with Gasteiger partial charge in [-0.15, -0.1) is 0 Å². The summed E-state index contributed by atoms with van der Waals surface area (Å²) in [6, 6.07) is 2.37. The summed E-state index contributed by atoms with van der Waals surface area (Å²) >= 11 is 0. The standard InChI is InChI=1S/C31H48F3NO5Si/c1-9-41(10-2,11-3)40-28(29(37)39-25-16-19(6)12-13-22(25)18(4)5)26-20(7)23-14-15-35(30(38)31(32,33)34)17-24(23)21(8)27(26)36/h18-19,22,25,28,36H,9-17H2,1-8H3/t19-,22+,25-,28?/m1/s1. The average Bonchev–Trinajstić information content (AvgIpc) is 2.92. The molecule has 1 saturated carbocycles. The number of esters is 1. The zero-order valence-corrected chi connectivity index (χ0v) is 26.9. The van der Waals surface area contributed by atoms with Crippen LogP contribution < -0.4 is 0 Å². The molecule has 0 bridgehead atoms. The number of hydrogen-bond donors (Lipinski definition) is 1. The maximum atomic E-state index is 14.1. The van der Waals surface area contributed by atoms with Gasteiger partial charge in [0.05, 0.1) is 0 Å². The molecule has 1 aromatic rings. The van der Waals surface area contributed by atoms with E-state index in [2.05, 4.69) is 41.5 Å². The topological polar surface area (TPSA) is 76.1 Å². The van der Waals surface area contributed by atoms with Gasteiger partial charge < -0.3 is 19.2 Å². The highest BCUT2D eigenvalue weighted by molar-refractivity contribution is 6.73. The Labute approximate surface area is 244 Å². The number of phenolic OH excluding ortho intramolecular Hbond substituents is 1. The number of rotatable bonds is 9. The molecule has 0 spiro atoms. The lowest BCUT2D eigenvalue weighted by molar-refractivity contribution is -0.186. The molecule has 1 amide bonds. The Bertz CT molecular complexity index is 1110. The Morgan fingerprint density at radius 1 is 1.05 bits per heavy atom. The predicted octanol–water partition coefficient (Wildman–Crippen LogP) is 7.52. The molecule has 0 radical (unpaired) electrons. The SMILES string of the molecule is CC[Si](CC)(CC)OC(C(=O)O[C@@H]1C[C@H](C)CC[C@H]1C(C)C)c1c(C)c2c(c(C)c1O)CN(C(=O)C(F)(F)F)CC2. The zero-order valence-electron chi connectivity index (χ0n) is 25.9. The van der Waals surface area contributed by atoms with E-state index in [1.807, 2.05) is 0 Å². The third-order valence-corrected chi connectivity index (χ3v) is 14.4. The summed E-state index contributed by atoms with van der Waals surface area (Å²) in [7, 11) is -2.38. The molecule has 10 heteroatoms. The van der Waals surface area contributed by atoms with Gasteiger partial charge in [0.15, 0.2) is 14.4 Å². The highest BCUT2D eigenvalue weighted by Crippen LogP contribution is 2.44. The lowest BCUT2D eigenvalue weighted by atomic mass is 9.75. The van der Waals surface area contributed by atoms with Gasteiger partial charge in [0.2, 0.25) is 0 Å². The minimum Gasteiger partial charge on any atom is -0.507 e. The second kappa shape index (κ2) is 13.1. The predicted molar refractivity (Wildman–Crippen MR) is 155 cm³/mol. The van der Waals surface area contributed by atoms with Crippen LogP contribution in [0.2, 0.25) is 18.1 Å². The minimum absolute atomic E-state index is 0.0978. The highest BCUT2D eigenvalue weighted by atomic mass is 28.4. The van der Waals surface area contributed by atoms with Crippen LogP contribution in [0.5, 0.6) is 5.75 Å². The van der Waals surface area contributed by atoms with Gasteiger partial charge in [-0.25, -0.2) is 4.79 Å². The van der Waals surface area contributed by atoms with Crippen molar-refractivity contribution < 1.29 is 37.0 Å². The molecule has 232 valence electrons. The van der Waals surface area contributed by atoms with Crippen LogP contribution in [-0.4, -0.2) is 49.0 Å². The van der Waals surface area contributed by atoms with Gasteiger partial charge in [-0.05, 0) is 91.2 Å². The average molecular weight is 600 g/mol. The van der Waals surface area contributed by atoms with E-state index >= 15 is 0 Å². The van der Waals surface area contributed by atoms with Crippen molar-refractivity contribution in [2.75, 3.05) is 6.54 Å². The number of benzene rings is 1. The van der Waals surface area contributed by atoms with Gasteiger partial charge >= 0.3 is 18.1 Å². The van der Waals surface area contributed by atoms with Crippen LogP contribution in [0.3, 0.4) is 0 Å². The van der Waals surface area contributed by atoms with E-state index < -0.39 is 32.5 Å². The molecule has 0 aromatic heterocycles. The van der Waals surface area contributed by atoms with Gasteiger partial charge in [-0.2, -0.15) is 13.2 Å². The summed E-state index contributed by atoms with van der Waals surface area (Å²) in [4.78, 5) is 26.9. The summed E-state index contributed by atoms with van der Waals surface area (Å²) in [5.41, 5.74) is 2.58. The minimum atomic E-state index is -4.97. The number of halogens is 3. The van der Waals surface area contributed by atoms with E-state index in [0.29, 0.717) is 34.1 Å². The largest absolute Gasteiger partial charge is 0.507 e. The number of ether oxygens (including phenoxy) is 1. The maximum Gasteiger partial charge on any atom is 0.471 e. The van der Waals surface area contributed by atoms with Gasteiger partial charge in [-0.3, -0.25) is 4.79 Å². The molecule has 1 fully saturated rings. The molecule has 1 aliphatic carbocycles. The molecule has 3 rings (SSSR count). The fourth-order valence-electron chi connectivity index (χ4n) is 6.82. The van der Waals surface area contributed by atoms with Crippen LogP contribution in [-0.2, 0) is 31.7 Å². The third kappa shape index (κ3) is 6.95. The first kappa shape index (κ1) is 33.4. The fraction of sp³-hybridized carbons (Fsp3) is 0.742. The number of amides is 1. The first-order chi connectivity index (χ1) is 19.1. The Morgan fingerprint density at radius 2 is 1.66 bits per heavy atom. The summed E-state index contributed by atoms with van der Waals surface area (Å²) in [5, 5.41) is 11.5. The van der Waals surface area contributed by atoms with Crippen molar-refractivity contribution in [1.82, 2.24) is 4.90 Å². The lowest BCUT2D eigenvalue weighted by Gasteiger charge is -2.39. The zero-order chi connectivity index (χ0) is 30.9. The van der Waals surface area contributed by atoms with E-state index in [0.717, 1.165) is 47.9 Å². The number of carbonyl (C=O) groups is 2. The Hall–Kier alpha value is -2.07. The van der Waals surface area contributed by atoms with Crippen molar-refractivity contribution in [3.63, 3.8) is 0 Å². The number of fused-ring (bicyclic) bond motifs is 1. The molecule has 6 nitrogen and oxygen atoms in total. The molecule has 1 aliphatic heterocycles. The van der Waals surface area contributed by atoms with E-state index in [4.69, 9.17) is 9.16 Å². The van der Waals surface area contributed by atoms with Crippen LogP contribution in [0.4, 0.5) is 13.2 Å². The first-order valence-electron chi connectivity index (χ1n) is 15.2. The molecule has 1 unspecified atom stereocenters. The van der Waals surface area contributed by atoms with Crippen LogP contribution in [0, 0.1) is 31.6 Å². The van der Waals surface area contributed by atoms with Crippen molar-refractivity contribution in [2.24, 2.45) is 17.8 Å². The molecule has 1 N–H and O–H groups in total. The second-order valence-electron chi connectivity index (χ2n) is 12.5. The smallest absolute Gasteiger partial charge is 0.471 e. The third-order valence-electron chi connectivity index (χ3n) is 9.80. The lowest BCUT2D eigenvalue weighted by Crippen LogP contribution is -2.44. The molecule has 2 aliphatic rings. The van der Waals surface area contributed by atoms with Gasteiger partial charge in [0.25, 0.3) is 0 Å². The Balaban J connectivity index is 2.09. The molecular weight excluding hydrogens is 551 g/mol. The van der Waals surface area contributed by atoms with Crippen molar-refractivity contribution >= 4 is 20.2 Å². The summed E-state index contributed by atoms with van der Waals surface area (Å²) in [6.07, 6.45) is -3.32. The molecule has 1 aromatic carbocycles. The van der Waals surface area contributed by atoms with Gasteiger partial charge in [-0.1, -0.05) is 48.0 Å². The number of nitrogens with zero attached hydrogens (tertiary/aromatic N) is 1. The van der Waals surface area contributed by atoms with E-state index in [1.54, 1.807) is 13.8 Å². The quantitative estimate of drug-likeness (QED) is 0.235.